The molecule has 304 valence electrons. The molecule has 0 saturated heterocycles. The number of aromatic nitrogens is 6. The van der Waals surface area contributed by atoms with Gasteiger partial charge in [-0.05, 0) is 60.7 Å². The third kappa shape index (κ3) is 5.99. The van der Waals surface area contributed by atoms with E-state index in [1.54, 1.807) is 0 Å². The number of imidazole rings is 1. The minimum atomic E-state index is 0.697. The average Bonchev–Trinajstić information content (AvgIpc) is 3.93. The van der Waals surface area contributed by atoms with Crippen molar-refractivity contribution >= 4 is 60.2 Å². The quantitative estimate of drug-likeness (QED) is 0.168. The normalized spacial score (nSPS) is 11.7. The van der Waals surface area contributed by atoms with Gasteiger partial charge in [-0.15, -0.1) is 0 Å². The fourth-order valence-corrected chi connectivity index (χ4v) is 9.72. The maximum absolute atomic E-state index is 5.41. The van der Waals surface area contributed by atoms with Crippen LogP contribution in [-0.2, 0) is 0 Å². The molecule has 0 atom stereocenters. The molecule has 0 saturated carbocycles. The molecule has 0 bridgehead atoms. The number of nitrogens with zero attached hydrogens (tertiary/aromatic N) is 6. The molecule has 0 fully saturated rings. The van der Waals surface area contributed by atoms with E-state index in [4.69, 9.17) is 15.0 Å². The van der Waals surface area contributed by atoms with Gasteiger partial charge in [0.2, 0.25) is 0 Å². The van der Waals surface area contributed by atoms with Crippen LogP contribution in [0.3, 0.4) is 0 Å². The number of rotatable bonds is 6. The molecule has 13 rings (SSSR count). The van der Waals surface area contributed by atoms with E-state index in [2.05, 4.69) is 220 Å². The van der Waals surface area contributed by atoms with Gasteiger partial charge >= 0.3 is 0 Å². The van der Waals surface area contributed by atoms with Gasteiger partial charge in [-0.25, -0.2) is 15.0 Å². The van der Waals surface area contributed by atoms with Crippen molar-refractivity contribution in [2.45, 2.75) is 0 Å². The first kappa shape index (κ1) is 36.8. The van der Waals surface area contributed by atoms with Crippen LogP contribution in [0.5, 0.6) is 0 Å². The van der Waals surface area contributed by atoms with Crippen LogP contribution in [0.4, 0.5) is 0 Å². The lowest BCUT2D eigenvalue weighted by molar-refractivity contribution is 1.14. The highest BCUT2D eigenvalue weighted by atomic mass is 15.1. The Morgan fingerprint density at radius 2 is 0.800 bits per heavy atom. The molecule has 4 aromatic heterocycles. The van der Waals surface area contributed by atoms with E-state index in [1.165, 1.54) is 5.39 Å². The third-order valence-electron chi connectivity index (χ3n) is 12.7. The molecule has 6 nitrogen and oxygen atoms in total. The third-order valence-corrected chi connectivity index (χ3v) is 12.7. The van der Waals surface area contributed by atoms with E-state index in [0.717, 1.165) is 106 Å². The number of benzene rings is 9. The monoisotopic (exact) mass is 830 g/mol. The SMILES string of the molecule is c1ccc(-c2cc(-c3ccc(-n4c5ccccc5c5cc6c(cc54)n(-c4ccccc4)c4ccccc4c4cccc5nc(-c7ccccc7)n6c54)cc3)nc(-c3ccccc3)n2)cc1. The zero-order valence-corrected chi connectivity index (χ0v) is 35.1. The van der Waals surface area contributed by atoms with E-state index < -0.39 is 0 Å². The molecule has 9 aromatic carbocycles. The zero-order valence-electron chi connectivity index (χ0n) is 35.1. The minimum Gasteiger partial charge on any atom is -0.309 e. The summed E-state index contributed by atoms with van der Waals surface area (Å²) >= 11 is 0. The fraction of sp³-hybridized carbons (Fsp3) is 0. The van der Waals surface area contributed by atoms with Crippen molar-refractivity contribution < 1.29 is 0 Å². The van der Waals surface area contributed by atoms with Crippen molar-refractivity contribution in [1.29, 1.82) is 0 Å². The second-order valence-corrected chi connectivity index (χ2v) is 16.4. The van der Waals surface area contributed by atoms with Crippen LogP contribution in [0.15, 0.2) is 231 Å². The molecule has 0 radical (unpaired) electrons. The Morgan fingerprint density at radius 1 is 0.292 bits per heavy atom. The van der Waals surface area contributed by atoms with Gasteiger partial charge in [0.1, 0.15) is 5.82 Å². The van der Waals surface area contributed by atoms with Gasteiger partial charge in [0.15, 0.2) is 5.82 Å². The molecule has 0 N–H and O–H groups in total. The second kappa shape index (κ2) is 14.9. The summed E-state index contributed by atoms with van der Waals surface area (Å²) in [4.78, 5) is 15.6. The lowest BCUT2D eigenvalue weighted by atomic mass is 10.1. The first-order valence-corrected chi connectivity index (χ1v) is 21.9. The summed E-state index contributed by atoms with van der Waals surface area (Å²) < 4.78 is 7.23. The molecule has 65 heavy (non-hydrogen) atoms. The Morgan fingerprint density at radius 3 is 1.46 bits per heavy atom. The number of para-hydroxylation sites is 4. The largest absolute Gasteiger partial charge is 0.309 e. The molecule has 0 amide bonds. The first-order chi connectivity index (χ1) is 32.2. The van der Waals surface area contributed by atoms with Gasteiger partial charge in [0.25, 0.3) is 0 Å². The van der Waals surface area contributed by atoms with Crippen molar-refractivity contribution in [2.75, 3.05) is 0 Å². The predicted molar refractivity (Wildman–Crippen MR) is 268 cm³/mol. The fourth-order valence-electron chi connectivity index (χ4n) is 9.72. The van der Waals surface area contributed by atoms with Crippen molar-refractivity contribution in [2.24, 2.45) is 0 Å². The number of fused-ring (bicyclic) bond motifs is 7. The summed E-state index contributed by atoms with van der Waals surface area (Å²) in [5.41, 5.74) is 15.4. The Balaban J connectivity index is 1.11. The number of hydrogen-bond acceptors (Lipinski definition) is 3. The molecule has 0 aliphatic heterocycles. The standard InChI is InChI=1S/C59H38N6/c1-5-18-39(19-6-1)50-37-51(61-58(60-50)41-20-7-2-8-21-41)40-32-34-44(35-33-40)63-53-31-16-14-27-46(53)48-36-55-56(38-54(48)63)64(43-24-11-4-12-25-43)52-30-15-13-26-45(52)47-28-17-29-49-57(47)65(55)59(62-49)42-22-9-3-10-23-42/h1-38H. The van der Waals surface area contributed by atoms with Gasteiger partial charge < -0.3 is 9.13 Å². The van der Waals surface area contributed by atoms with Crippen LogP contribution < -0.4 is 0 Å². The van der Waals surface area contributed by atoms with E-state index >= 15 is 0 Å². The molecule has 4 heterocycles. The summed E-state index contributed by atoms with van der Waals surface area (Å²) in [6, 6.07) is 81.6. The molecule has 6 heteroatoms. The summed E-state index contributed by atoms with van der Waals surface area (Å²) in [7, 11) is 0. The van der Waals surface area contributed by atoms with Crippen LogP contribution in [0.2, 0.25) is 0 Å². The first-order valence-electron chi connectivity index (χ1n) is 21.9. The van der Waals surface area contributed by atoms with Crippen molar-refractivity contribution in [3.05, 3.63) is 231 Å². The Hall–Kier alpha value is -8.87. The Kier molecular flexibility index (Phi) is 8.42. The maximum Gasteiger partial charge on any atom is 0.160 e. The van der Waals surface area contributed by atoms with Crippen LogP contribution >= 0.6 is 0 Å². The van der Waals surface area contributed by atoms with E-state index in [-0.39, 0.29) is 0 Å². The highest BCUT2D eigenvalue weighted by Gasteiger charge is 2.21. The summed E-state index contributed by atoms with van der Waals surface area (Å²) in [6.07, 6.45) is 0. The molecule has 0 spiro atoms. The van der Waals surface area contributed by atoms with E-state index in [9.17, 15) is 0 Å². The Labute approximate surface area is 374 Å². The lowest BCUT2D eigenvalue weighted by Crippen LogP contribution is -2.02. The van der Waals surface area contributed by atoms with Crippen LogP contribution in [-0.4, -0.2) is 28.5 Å². The van der Waals surface area contributed by atoms with Crippen molar-refractivity contribution in [3.8, 4) is 56.7 Å². The van der Waals surface area contributed by atoms with Gasteiger partial charge in [0.05, 0.1) is 50.0 Å². The smallest absolute Gasteiger partial charge is 0.160 e. The van der Waals surface area contributed by atoms with Crippen LogP contribution in [0.25, 0.3) is 117 Å². The summed E-state index contributed by atoms with van der Waals surface area (Å²) in [5.74, 6) is 1.60. The van der Waals surface area contributed by atoms with Crippen molar-refractivity contribution in [1.82, 2.24) is 28.5 Å². The van der Waals surface area contributed by atoms with Gasteiger partial charge in [-0.1, -0.05) is 170 Å². The maximum atomic E-state index is 5.41. The summed E-state index contributed by atoms with van der Waals surface area (Å²) in [5, 5.41) is 4.60. The minimum absolute atomic E-state index is 0.697. The molecular formula is C59H38N6. The highest BCUT2D eigenvalue weighted by molar-refractivity contribution is 6.16. The number of hydrogen-bond donors (Lipinski definition) is 0. The molecule has 0 aliphatic carbocycles. The van der Waals surface area contributed by atoms with Crippen LogP contribution in [0.1, 0.15) is 0 Å². The van der Waals surface area contributed by atoms with Gasteiger partial charge in [0, 0.05) is 55.2 Å². The zero-order chi connectivity index (χ0) is 42.8. The molecular weight excluding hydrogens is 793 g/mol. The second-order valence-electron chi connectivity index (χ2n) is 16.4. The average molecular weight is 831 g/mol. The van der Waals surface area contributed by atoms with Crippen LogP contribution in [0, 0.1) is 0 Å². The molecule has 0 unspecified atom stereocenters. The lowest BCUT2D eigenvalue weighted by Gasteiger charge is -2.18. The van der Waals surface area contributed by atoms with E-state index in [1.807, 2.05) is 24.3 Å². The van der Waals surface area contributed by atoms with Gasteiger partial charge in [-0.2, -0.15) is 0 Å². The van der Waals surface area contributed by atoms with Gasteiger partial charge in [-0.3, -0.25) is 4.40 Å². The molecule has 13 aromatic rings. The Bertz CT molecular complexity index is 3910. The van der Waals surface area contributed by atoms with Crippen molar-refractivity contribution in [3.63, 3.8) is 0 Å². The predicted octanol–water partition coefficient (Wildman–Crippen LogP) is 14.7. The topological polar surface area (TPSA) is 52.9 Å². The molecule has 0 aliphatic rings. The van der Waals surface area contributed by atoms with E-state index in [0.29, 0.717) is 5.82 Å². The summed E-state index contributed by atoms with van der Waals surface area (Å²) in [6.45, 7) is 0. The highest BCUT2D eigenvalue weighted by Crippen LogP contribution is 2.40.